The van der Waals surface area contributed by atoms with Crippen LogP contribution in [0.3, 0.4) is 0 Å². The van der Waals surface area contributed by atoms with E-state index < -0.39 is 5.60 Å². The summed E-state index contributed by atoms with van der Waals surface area (Å²) >= 11 is 0. The molecule has 100 valence electrons. The fraction of sp³-hybridized carbons (Fsp3) is 0.385. The highest BCUT2D eigenvalue weighted by Crippen LogP contribution is 2.35. The van der Waals surface area contributed by atoms with Gasteiger partial charge in [0.05, 0.1) is 0 Å². The lowest BCUT2D eigenvalue weighted by molar-refractivity contribution is 0.00768. The van der Waals surface area contributed by atoms with Gasteiger partial charge in [-0.25, -0.2) is 0 Å². The van der Waals surface area contributed by atoms with Crippen LogP contribution in [0.5, 0.6) is 11.5 Å². The molecule has 3 rings (SSSR count). The van der Waals surface area contributed by atoms with Crippen LogP contribution in [0.1, 0.15) is 25.6 Å². The number of rotatable bonds is 2. The van der Waals surface area contributed by atoms with Crippen molar-refractivity contribution in [3.05, 3.63) is 24.0 Å². The van der Waals surface area contributed by atoms with Gasteiger partial charge >= 0.3 is 0 Å². The summed E-state index contributed by atoms with van der Waals surface area (Å²) in [7, 11) is 0. The maximum Gasteiger partial charge on any atom is 0.258 e. The minimum absolute atomic E-state index is 0.186. The SMILES string of the molecule is CC1(c2noc(-c3ccc(O)c(O)c3)n2)CCCO1. The van der Waals surface area contributed by atoms with Crippen molar-refractivity contribution < 1.29 is 19.5 Å². The van der Waals surface area contributed by atoms with Crippen molar-refractivity contribution in [2.75, 3.05) is 6.61 Å². The molecule has 0 bridgehead atoms. The van der Waals surface area contributed by atoms with Gasteiger partial charge < -0.3 is 19.5 Å². The molecule has 0 radical (unpaired) electrons. The van der Waals surface area contributed by atoms with Crippen molar-refractivity contribution in [1.82, 2.24) is 10.1 Å². The largest absolute Gasteiger partial charge is 0.504 e. The monoisotopic (exact) mass is 262 g/mol. The van der Waals surface area contributed by atoms with E-state index in [-0.39, 0.29) is 11.5 Å². The van der Waals surface area contributed by atoms with E-state index in [0.29, 0.717) is 23.9 Å². The second-order valence-corrected chi connectivity index (χ2v) is 4.81. The first-order chi connectivity index (χ1) is 9.08. The Kier molecular flexibility index (Phi) is 2.67. The fourth-order valence-corrected chi connectivity index (χ4v) is 2.17. The molecule has 1 aromatic heterocycles. The summed E-state index contributed by atoms with van der Waals surface area (Å²) in [4.78, 5) is 4.31. The second-order valence-electron chi connectivity index (χ2n) is 4.81. The molecule has 2 aromatic rings. The van der Waals surface area contributed by atoms with E-state index in [1.807, 2.05) is 6.92 Å². The van der Waals surface area contributed by atoms with E-state index in [9.17, 15) is 10.2 Å². The molecule has 0 saturated carbocycles. The average Bonchev–Trinajstić information content (AvgIpc) is 3.02. The lowest BCUT2D eigenvalue weighted by Gasteiger charge is -2.17. The Bertz CT molecular complexity index is 602. The summed E-state index contributed by atoms with van der Waals surface area (Å²) in [5.74, 6) is 0.393. The average molecular weight is 262 g/mol. The Morgan fingerprint density at radius 3 is 2.79 bits per heavy atom. The van der Waals surface area contributed by atoms with E-state index in [4.69, 9.17) is 9.26 Å². The molecule has 6 heteroatoms. The van der Waals surface area contributed by atoms with E-state index in [2.05, 4.69) is 10.1 Å². The Morgan fingerprint density at radius 1 is 1.26 bits per heavy atom. The van der Waals surface area contributed by atoms with Crippen molar-refractivity contribution in [3.8, 4) is 23.0 Å². The number of aromatic nitrogens is 2. The first kappa shape index (κ1) is 12.0. The topological polar surface area (TPSA) is 88.6 Å². The van der Waals surface area contributed by atoms with E-state index in [0.717, 1.165) is 12.8 Å². The molecule has 0 amide bonds. The summed E-state index contributed by atoms with van der Waals surface area (Å²) in [6.07, 6.45) is 1.83. The quantitative estimate of drug-likeness (QED) is 0.806. The minimum Gasteiger partial charge on any atom is -0.504 e. The summed E-state index contributed by atoms with van der Waals surface area (Å²) in [6.45, 7) is 2.63. The normalized spacial score (nSPS) is 22.8. The number of hydrogen-bond donors (Lipinski definition) is 2. The van der Waals surface area contributed by atoms with Crippen molar-refractivity contribution in [1.29, 1.82) is 0 Å². The van der Waals surface area contributed by atoms with Crippen LogP contribution in [0.15, 0.2) is 22.7 Å². The highest BCUT2D eigenvalue weighted by Gasteiger charge is 2.36. The van der Waals surface area contributed by atoms with Crippen molar-refractivity contribution in [2.24, 2.45) is 0 Å². The molecule has 1 saturated heterocycles. The van der Waals surface area contributed by atoms with Gasteiger partial charge in [0.2, 0.25) is 5.82 Å². The van der Waals surface area contributed by atoms with Crippen LogP contribution in [0.25, 0.3) is 11.5 Å². The molecule has 0 spiro atoms. The summed E-state index contributed by atoms with van der Waals surface area (Å²) in [5, 5.41) is 22.7. The van der Waals surface area contributed by atoms with Crippen LogP contribution >= 0.6 is 0 Å². The minimum atomic E-state index is -0.499. The number of phenolic OH excluding ortho intramolecular Hbond substituents is 2. The molecule has 2 heterocycles. The number of hydrogen-bond acceptors (Lipinski definition) is 6. The van der Waals surface area contributed by atoms with Gasteiger partial charge in [-0.1, -0.05) is 5.16 Å². The van der Waals surface area contributed by atoms with Gasteiger partial charge in [-0.05, 0) is 38.0 Å². The van der Waals surface area contributed by atoms with Crippen LogP contribution in [0.4, 0.5) is 0 Å². The maximum absolute atomic E-state index is 9.47. The standard InChI is InChI=1S/C13H14N2O4/c1-13(5-2-6-18-13)12-14-11(19-15-12)8-3-4-9(16)10(17)7-8/h3-4,7,16-17H,2,5-6H2,1H3. The van der Waals surface area contributed by atoms with Gasteiger partial charge in [-0.15, -0.1) is 0 Å². The molecule has 1 fully saturated rings. The lowest BCUT2D eigenvalue weighted by atomic mass is 10.0. The fourth-order valence-electron chi connectivity index (χ4n) is 2.17. The molecule has 1 unspecified atom stereocenters. The zero-order valence-corrected chi connectivity index (χ0v) is 10.5. The van der Waals surface area contributed by atoms with Crippen LogP contribution in [0.2, 0.25) is 0 Å². The predicted molar refractivity (Wildman–Crippen MR) is 65.6 cm³/mol. The van der Waals surface area contributed by atoms with Crippen molar-refractivity contribution in [3.63, 3.8) is 0 Å². The Balaban J connectivity index is 1.94. The summed E-state index contributed by atoms with van der Waals surface area (Å²) < 4.78 is 10.8. The second kappa shape index (κ2) is 4.24. The first-order valence-corrected chi connectivity index (χ1v) is 6.09. The number of ether oxygens (including phenoxy) is 1. The predicted octanol–water partition coefficient (Wildman–Crippen LogP) is 2.17. The highest BCUT2D eigenvalue weighted by molar-refractivity contribution is 5.58. The molecule has 1 aliphatic heterocycles. The van der Waals surface area contributed by atoms with E-state index in [1.165, 1.54) is 12.1 Å². The number of phenols is 2. The van der Waals surface area contributed by atoms with Crippen molar-refractivity contribution in [2.45, 2.75) is 25.4 Å². The molecular formula is C13H14N2O4. The van der Waals surface area contributed by atoms with E-state index >= 15 is 0 Å². The molecule has 1 atom stereocenters. The van der Waals surface area contributed by atoms with E-state index in [1.54, 1.807) is 6.07 Å². The molecule has 1 aromatic carbocycles. The van der Waals surface area contributed by atoms with Crippen LogP contribution in [0, 0.1) is 0 Å². The molecule has 19 heavy (non-hydrogen) atoms. The third kappa shape index (κ3) is 2.04. The molecular weight excluding hydrogens is 248 g/mol. The smallest absolute Gasteiger partial charge is 0.258 e. The van der Waals surface area contributed by atoms with Gasteiger partial charge in [0, 0.05) is 12.2 Å². The number of nitrogens with zero attached hydrogens (tertiary/aromatic N) is 2. The van der Waals surface area contributed by atoms with Crippen LogP contribution < -0.4 is 0 Å². The Labute approximate surface area is 109 Å². The third-order valence-electron chi connectivity index (χ3n) is 3.34. The van der Waals surface area contributed by atoms with Gasteiger partial charge in [-0.3, -0.25) is 0 Å². The summed E-state index contributed by atoms with van der Waals surface area (Å²) in [5.41, 5.74) is 0.0522. The molecule has 6 nitrogen and oxygen atoms in total. The zero-order valence-electron chi connectivity index (χ0n) is 10.5. The molecule has 2 N–H and O–H groups in total. The van der Waals surface area contributed by atoms with Gasteiger partial charge in [-0.2, -0.15) is 4.98 Å². The number of benzene rings is 1. The van der Waals surface area contributed by atoms with Crippen molar-refractivity contribution >= 4 is 0 Å². The maximum atomic E-state index is 9.47. The van der Waals surface area contributed by atoms with Gasteiger partial charge in [0.15, 0.2) is 11.5 Å². The third-order valence-corrected chi connectivity index (χ3v) is 3.34. The lowest BCUT2D eigenvalue weighted by Crippen LogP contribution is -2.21. The van der Waals surface area contributed by atoms with Crippen LogP contribution in [-0.4, -0.2) is 27.0 Å². The van der Waals surface area contributed by atoms with Gasteiger partial charge in [0.1, 0.15) is 5.60 Å². The van der Waals surface area contributed by atoms with Gasteiger partial charge in [0.25, 0.3) is 5.89 Å². The Morgan fingerprint density at radius 2 is 2.11 bits per heavy atom. The highest BCUT2D eigenvalue weighted by atomic mass is 16.5. The number of aromatic hydroxyl groups is 2. The molecule has 1 aliphatic rings. The zero-order chi connectivity index (χ0) is 13.5. The van der Waals surface area contributed by atoms with Crippen LogP contribution in [-0.2, 0) is 10.3 Å². The first-order valence-electron chi connectivity index (χ1n) is 6.09. The molecule has 0 aliphatic carbocycles. The Hall–Kier alpha value is -2.08. The summed E-state index contributed by atoms with van der Waals surface area (Å²) in [6, 6.07) is 4.36.